The first-order valence-electron chi connectivity index (χ1n) is 13.5. The summed E-state index contributed by atoms with van der Waals surface area (Å²) < 4.78 is 0. The summed E-state index contributed by atoms with van der Waals surface area (Å²) in [6.07, 6.45) is 2.12. The normalized spacial score (nSPS) is 20.1. The van der Waals surface area contributed by atoms with E-state index in [-0.39, 0.29) is 11.9 Å². The van der Waals surface area contributed by atoms with Crippen LogP contribution in [0.15, 0.2) is 78.9 Å². The molecular formula is C32H39N3O. The Morgan fingerprint density at radius 2 is 1.31 bits per heavy atom. The summed E-state index contributed by atoms with van der Waals surface area (Å²) >= 11 is 0. The number of piperazine rings is 1. The SMILES string of the molecule is Cc1cccc(C)c1C(=O)N1CCC(N2CCN(C(c3ccccc3)c3ccccc3)[C@@H](C)C2)CC1. The van der Waals surface area contributed by atoms with E-state index in [1.165, 1.54) is 11.1 Å². The second-order valence-electron chi connectivity index (χ2n) is 10.6. The van der Waals surface area contributed by atoms with Gasteiger partial charge in [-0.05, 0) is 55.9 Å². The summed E-state index contributed by atoms with van der Waals surface area (Å²) in [4.78, 5) is 20.7. The van der Waals surface area contributed by atoms with Crippen LogP contribution in [-0.2, 0) is 0 Å². The molecule has 4 heteroatoms. The third-order valence-electron chi connectivity index (χ3n) is 8.24. The van der Waals surface area contributed by atoms with E-state index in [1.54, 1.807) is 0 Å². The van der Waals surface area contributed by atoms with Gasteiger partial charge in [0.25, 0.3) is 5.91 Å². The van der Waals surface area contributed by atoms with Gasteiger partial charge in [-0.2, -0.15) is 0 Å². The minimum atomic E-state index is 0.204. The molecular weight excluding hydrogens is 442 g/mol. The van der Waals surface area contributed by atoms with Gasteiger partial charge in [0.05, 0.1) is 6.04 Å². The molecule has 0 aliphatic carbocycles. The Morgan fingerprint density at radius 1 is 0.750 bits per heavy atom. The highest BCUT2D eigenvalue weighted by atomic mass is 16.2. The molecule has 1 amide bonds. The number of carbonyl (C=O) groups is 1. The number of hydrogen-bond donors (Lipinski definition) is 0. The van der Waals surface area contributed by atoms with Crippen LogP contribution < -0.4 is 0 Å². The van der Waals surface area contributed by atoms with E-state index in [0.29, 0.717) is 12.1 Å². The highest BCUT2D eigenvalue weighted by molar-refractivity contribution is 5.97. The van der Waals surface area contributed by atoms with Crippen molar-refractivity contribution in [2.24, 2.45) is 0 Å². The summed E-state index contributed by atoms with van der Waals surface area (Å²) in [7, 11) is 0. The lowest BCUT2D eigenvalue weighted by Crippen LogP contribution is -2.57. The molecule has 2 heterocycles. The monoisotopic (exact) mass is 481 g/mol. The van der Waals surface area contributed by atoms with Crippen molar-refractivity contribution in [1.29, 1.82) is 0 Å². The van der Waals surface area contributed by atoms with Gasteiger partial charge in [-0.3, -0.25) is 14.6 Å². The van der Waals surface area contributed by atoms with Gasteiger partial charge in [0, 0.05) is 50.4 Å². The molecule has 2 fully saturated rings. The van der Waals surface area contributed by atoms with E-state index in [9.17, 15) is 4.79 Å². The zero-order valence-electron chi connectivity index (χ0n) is 21.9. The largest absolute Gasteiger partial charge is 0.339 e. The zero-order chi connectivity index (χ0) is 25.1. The Kier molecular flexibility index (Phi) is 7.54. The molecule has 3 aromatic rings. The number of carbonyl (C=O) groups excluding carboxylic acids is 1. The molecule has 0 saturated carbocycles. The average molecular weight is 482 g/mol. The van der Waals surface area contributed by atoms with Gasteiger partial charge in [-0.15, -0.1) is 0 Å². The summed E-state index contributed by atoms with van der Waals surface area (Å²) in [5, 5.41) is 0. The standard InChI is InChI=1S/C32H39N3O/c1-24-11-10-12-25(2)30(24)32(36)33-19-17-29(18-20-33)34-21-22-35(26(3)23-34)31(27-13-6-4-7-14-27)28-15-8-5-9-16-28/h4-16,26,29,31H,17-23H2,1-3H3/t26-/m0/s1. The number of likely N-dealkylation sites (tertiary alicyclic amines) is 1. The van der Waals surface area contributed by atoms with Crippen molar-refractivity contribution in [2.75, 3.05) is 32.7 Å². The minimum Gasteiger partial charge on any atom is -0.339 e. The Bertz CT molecular complexity index is 1090. The van der Waals surface area contributed by atoms with Crippen LogP contribution >= 0.6 is 0 Å². The average Bonchev–Trinajstić information content (AvgIpc) is 2.91. The van der Waals surface area contributed by atoms with Crippen LogP contribution in [0.3, 0.4) is 0 Å². The molecule has 3 aromatic carbocycles. The Labute approximate surface area is 216 Å². The lowest BCUT2D eigenvalue weighted by atomic mass is 9.93. The quantitative estimate of drug-likeness (QED) is 0.467. The molecule has 36 heavy (non-hydrogen) atoms. The number of amides is 1. The third kappa shape index (κ3) is 5.11. The molecule has 1 atom stereocenters. The number of hydrogen-bond acceptors (Lipinski definition) is 3. The predicted octanol–water partition coefficient (Wildman–Crippen LogP) is 5.70. The third-order valence-corrected chi connectivity index (χ3v) is 8.24. The molecule has 0 N–H and O–H groups in total. The van der Waals surface area contributed by atoms with Crippen LogP contribution in [0.4, 0.5) is 0 Å². The van der Waals surface area contributed by atoms with Gasteiger partial charge in [0.15, 0.2) is 0 Å². The summed E-state index contributed by atoms with van der Waals surface area (Å²) in [6.45, 7) is 11.4. The second-order valence-corrected chi connectivity index (χ2v) is 10.6. The fraction of sp³-hybridized carbons (Fsp3) is 0.406. The first-order valence-corrected chi connectivity index (χ1v) is 13.5. The van der Waals surface area contributed by atoms with Gasteiger partial charge in [0.2, 0.25) is 0 Å². The number of nitrogens with zero attached hydrogens (tertiary/aromatic N) is 3. The van der Waals surface area contributed by atoms with Crippen molar-refractivity contribution >= 4 is 5.91 Å². The number of rotatable bonds is 5. The van der Waals surface area contributed by atoms with Crippen LogP contribution in [-0.4, -0.2) is 65.4 Å². The lowest BCUT2D eigenvalue weighted by Gasteiger charge is -2.48. The van der Waals surface area contributed by atoms with E-state index < -0.39 is 0 Å². The highest BCUT2D eigenvalue weighted by Gasteiger charge is 2.35. The topological polar surface area (TPSA) is 26.8 Å². The van der Waals surface area contributed by atoms with Crippen molar-refractivity contribution in [2.45, 2.75) is 51.7 Å². The first kappa shape index (κ1) is 24.7. The zero-order valence-corrected chi connectivity index (χ0v) is 21.9. The smallest absolute Gasteiger partial charge is 0.254 e. The van der Waals surface area contributed by atoms with E-state index >= 15 is 0 Å². The molecule has 0 radical (unpaired) electrons. The van der Waals surface area contributed by atoms with E-state index in [0.717, 1.165) is 62.3 Å². The van der Waals surface area contributed by atoms with Crippen LogP contribution in [0.1, 0.15) is 58.4 Å². The van der Waals surface area contributed by atoms with Crippen LogP contribution in [0, 0.1) is 13.8 Å². The van der Waals surface area contributed by atoms with E-state index in [4.69, 9.17) is 0 Å². The molecule has 188 valence electrons. The highest BCUT2D eigenvalue weighted by Crippen LogP contribution is 2.33. The molecule has 0 spiro atoms. The second kappa shape index (κ2) is 11.0. The number of benzene rings is 3. The van der Waals surface area contributed by atoms with Crippen molar-refractivity contribution in [1.82, 2.24) is 14.7 Å². The maximum atomic E-state index is 13.3. The first-order chi connectivity index (χ1) is 17.5. The van der Waals surface area contributed by atoms with Crippen LogP contribution in [0.5, 0.6) is 0 Å². The van der Waals surface area contributed by atoms with Crippen molar-refractivity contribution in [3.8, 4) is 0 Å². The molecule has 5 rings (SSSR count). The molecule has 2 aliphatic heterocycles. The molecule has 0 unspecified atom stereocenters. The van der Waals surface area contributed by atoms with Gasteiger partial charge >= 0.3 is 0 Å². The van der Waals surface area contributed by atoms with Crippen LogP contribution in [0.25, 0.3) is 0 Å². The summed E-state index contributed by atoms with van der Waals surface area (Å²) in [5.41, 5.74) is 5.78. The summed E-state index contributed by atoms with van der Waals surface area (Å²) in [6, 6.07) is 29.3. The van der Waals surface area contributed by atoms with Crippen molar-refractivity contribution < 1.29 is 4.79 Å². The Morgan fingerprint density at radius 3 is 1.83 bits per heavy atom. The van der Waals surface area contributed by atoms with Gasteiger partial charge in [-0.25, -0.2) is 0 Å². The molecule has 2 saturated heterocycles. The molecule has 4 nitrogen and oxygen atoms in total. The number of aryl methyl sites for hydroxylation is 2. The predicted molar refractivity (Wildman–Crippen MR) is 147 cm³/mol. The van der Waals surface area contributed by atoms with E-state index in [1.807, 2.05) is 32.0 Å². The van der Waals surface area contributed by atoms with Crippen LogP contribution in [0.2, 0.25) is 0 Å². The number of piperidine rings is 1. The van der Waals surface area contributed by atoms with Gasteiger partial charge in [0.1, 0.15) is 0 Å². The van der Waals surface area contributed by atoms with Crippen molar-refractivity contribution in [3.63, 3.8) is 0 Å². The molecule has 2 aliphatic rings. The fourth-order valence-corrected chi connectivity index (χ4v) is 6.31. The molecule has 0 aromatic heterocycles. The minimum absolute atomic E-state index is 0.204. The van der Waals surface area contributed by atoms with Crippen molar-refractivity contribution in [3.05, 3.63) is 107 Å². The maximum absolute atomic E-state index is 13.3. The van der Waals surface area contributed by atoms with E-state index in [2.05, 4.69) is 82.3 Å². The summed E-state index contributed by atoms with van der Waals surface area (Å²) in [5.74, 6) is 0.204. The lowest BCUT2D eigenvalue weighted by molar-refractivity contribution is 0.0172. The Balaban J connectivity index is 1.23. The van der Waals surface area contributed by atoms with Gasteiger partial charge in [-0.1, -0.05) is 78.9 Å². The molecule has 0 bridgehead atoms. The van der Waals surface area contributed by atoms with Gasteiger partial charge < -0.3 is 4.90 Å². The fourth-order valence-electron chi connectivity index (χ4n) is 6.31. The maximum Gasteiger partial charge on any atom is 0.254 e. The Hall–Kier alpha value is -2.95.